The second-order valence-electron chi connectivity index (χ2n) is 8.62. The molecular weight excluding hydrogens is 436 g/mol. The van der Waals surface area contributed by atoms with Gasteiger partial charge in [-0.25, -0.2) is 4.79 Å². The maximum absolute atomic E-state index is 13.2. The zero-order chi connectivity index (χ0) is 24.2. The first-order valence-corrected chi connectivity index (χ1v) is 11.3. The highest BCUT2D eigenvalue weighted by Crippen LogP contribution is 2.31. The summed E-state index contributed by atoms with van der Waals surface area (Å²) in [6.45, 7) is 2.79. The lowest BCUT2D eigenvalue weighted by Gasteiger charge is -2.33. The number of aryl methyl sites for hydroxylation is 1. The van der Waals surface area contributed by atoms with Gasteiger partial charge in [-0.05, 0) is 43.0 Å². The van der Waals surface area contributed by atoms with E-state index in [0.717, 1.165) is 22.1 Å². The van der Waals surface area contributed by atoms with E-state index < -0.39 is 23.6 Å². The topological polar surface area (TPSA) is 109 Å². The third kappa shape index (κ3) is 4.97. The van der Waals surface area contributed by atoms with Gasteiger partial charge in [0, 0.05) is 49.0 Å². The van der Waals surface area contributed by atoms with Crippen molar-refractivity contribution in [2.24, 2.45) is 5.92 Å². The van der Waals surface area contributed by atoms with Crippen LogP contribution in [0, 0.1) is 12.8 Å². The van der Waals surface area contributed by atoms with E-state index in [1.165, 1.54) is 13.2 Å². The van der Waals surface area contributed by atoms with Crippen LogP contribution in [0.3, 0.4) is 0 Å². The first-order valence-electron chi connectivity index (χ1n) is 11.3. The van der Waals surface area contributed by atoms with E-state index in [4.69, 9.17) is 9.15 Å². The van der Waals surface area contributed by atoms with E-state index in [2.05, 4.69) is 5.32 Å². The number of carbonyl (C=O) groups is 2. The lowest BCUT2D eigenvalue weighted by Crippen LogP contribution is -2.50. The Labute approximate surface area is 197 Å². The highest BCUT2D eigenvalue weighted by molar-refractivity contribution is 5.96. The maximum Gasteiger partial charge on any atom is 0.336 e. The Bertz CT molecular complexity index is 1270. The van der Waals surface area contributed by atoms with Crippen LogP contribution in [-0.4, -0.2) is 54.7 Å². The summed E-state index contributed by atoms with van der Waals surface area (Å²) in [5.74, 6) is -1.67. The maximum atomic E-state index is 13.2. The van der Waals surface area contributed by atoms with Crippen LogP contribution in [0.2, 0.25) is 0 Å². The number of methoxy groups -OCH3 is 1. The van der Waals surface area contributed by atoms with Gasteiger partial charge in [0.2, 0.25) is 5.91 Å². The van der Waals surface area contributed by atoms with Gasteiger partial charge in [-0.15, -0.1) is 0 Å². The molecule has 1 fully saturated rings. The van der Waals surface area contributed by atoms with Crippen LogP contribution in [0.5, 0.6) is 0 Å². The van der Waals surface area contributed by atoms with Crippen molar-refractivity contribution < 1.29 is 23.8 Å². The minimum absolute atomic E-state index is 0.109. The van der Waals surface area contributed by atoms with E-state index in [9.17, 15) is 19.5 Å². The summed E-state index contributed by atoms with van der Waals surface area (Å²) in [6, 6.07) is 14.0. The summed E-state index contributed by atoms with van der Waals surface area (Å²) in [5, 5.41) is 13.3. The third-order valence-electron chi connectivity index (χ3n) is 6.23. The molecule has 2 heterocycles. The highest BCUT2D eigenvalue weighted by Gasteiger charge is 2.32. The number of likely N-dealkylation sites (tertiary alicyclic amines) is 1. The highest BCUT2D eigenvalue weighted by atomic mass is 16.5. The average Bonchev–Trinajstić information content (AvgIpc) is 2.83. The Kier molecular flexibility index (Phi) is 6.98. The molecule has 8 nitrogen and oxygen atoms in total. The Morgan fingerprint density at radius 1 is 1.21 bits per heavy atom. The fourth-order valence-corrected chi connectivity index (χ4v) is 4.49. The third-order valence-corrected chi connectivity index (χ3v) is 6.23. The number of nitrogens with one attached hydrogen (secondary N) is 1. The summed E-state index contributed by atoms with van der Waals surface area (Å²) in [7, 11) is 1.51. The van der Waals surface area contributed by atoms with Gasteiger partial charge in [0.25, 0.3) is 0 Å². The van der Waals surface area contributed by atoms with Gasteiger partial charge in [0.05, 0.1) is 12.5 Å². The normalized spacial score (nSPS) is 16.9. The Morgan fingerprint density at radius 2 is 2.00 bits per heavy atom. The van der Waals surface area contributed by atoms with E-state index in [-0.39, 0.29) is 19.1 Å². The van der Waals surface area contributed by atoms with Crippen molar-refractivity contribution in [2.75, 3.05) is 32.1 Å². The summed E-state index contributed by atoms with van der Waals surface area (Å²) in [4.78, 5) is 38.5. The van der Waals surface area contributed by atoms with E-state index in [0.29, 0.717) is 30.7 Å². The van der Waals surface area contributed by atoms with Crippen molar-refractivity contribution in [1.29, 1.82) is 0 Å². The number of rotatable bonds is 7. The molecule has 1 aliphatic rings. The van der Waals surface area contributed by atoms with Crippen LogP contribution in [0.15, 0.2) is 57.7 Å². The molecule has 0 aliphatic carbocycles. The van der Waals surface area contributed by atoms with Crippen LogP contribution in [0.25, 0.3) is 22.1 Å². The number of hydrogen-bond acceptors (Lipinski definition) is 6. The van der Waals surface area contributed by atoms with Crippen LogP contribution in [0.4, 0.5) is 5.69 Å². The molecule has 0 radical (unpaired) electrons. The number of nitrogens with zero attached hydrogens (tertiary/aromatic N) is 1. The number of hydrogen-bond donors (Lipinski definition) is 2. The molecule has 2 atom stereocenters. The molecular formula is C26H28N2O6. The summed E-state index contributed by atoms with van der Waals surface area (Å²) < 4.78 is 10.7. The minimum Gasteiger partial charge on any atom is -0.481 e. The number of benzene rings is 2. The van der Waals surface area contributed by atoms with Crippen molar-refractivity contribution in [3.63, 3.8) is 0 Å². The van der Waals surface area contributed by atoms with Crippen LogP contribution in [-0.2, 0) is 14.3 Å². The van der Waals surface area contributed by atoms with Gasteiger partial charge < -0.3 is 24.5 Å². The number of aliphatic carboxylic acids is 1. The average molecular weight is 465 g/mol. The molecule has 1 aromatic heterocycles. The fourth-order valence-electron chi connectivity index (χ4n) is 4.49. The lowest BCUT2D eigenvalue weighted by molar-refractivity contribution is -0.146. The zero-order valence-corrected chi connectivity index (χ0v) is 19.2. The molecule has 178 valence electrons. The summed E-state index contributed by atoms with van der Waals surface area (Å²) >= 11 is 0. The smallest absolute Gasteiger partial charge is 0.336 e. The first-order chi connectivity index (χ1) is 16.4. The quantitative estimate of drug-likeness (QED) is 0.515. The van der Waals surface area contributed by atoms with Gasteiger partial charge in [-0.3, -0.25) is 9.59 Å². The van der Waals surface area contributed by atoms with Gasteiger partial charge >= 0.3 is 11.6 Å². The molecule has 2 aromatic carbocycles. The summed E-state index contributed by atoms with van der Waals surface area (Å²) in [5.41, 5.74) is 3.33. The molecule has 0 spiro atoms. The molecule has 1 aliphatic heterocycles. The molecule has 1 saturated heterocycles. The van der Waals surface area contributed by atoms with Gasteiger partial charge in [0.1, 0.15) is 11.6 Å². The summed E-state index contributed by atoms with van der Waals surface area (Å²) in [6.07, 6.45) is 1.21. The number of ether oxygens (including phenoxy) is 1. The first kappa shape index (κ1) is 23.5. The molecule has 0 saturated carbocycles. The van der Waals surface area contributed by atoms with Gasteiger partial charge in [-0.1, -0.05) is 24.3 Å². The fraction of sp³-hybridized carbons (Fsp3) is 0.346. The molecule has 1 unspecified atom stereocenters. The minimum atomic E-state index is -0.886. The van der Waals surface area contributed by atoms with Crippen molar-refractivity contribution in [2.45, 2.75) is 25.8 Å². The van der Waals surface area contributed by atoms with Crippen molar-refractivity contribution >= 4 is 28.5 Å². The molecule has 0 bridgehead atoms. The molecule has 1 amide bonds. The number of carbonyl (C=O) groups excluding carboxylic acids is 1. The molecule has 34 heavy (non-hydrogen) atoms. The van der Waals surface area contributed by atoms with Crippen molar-refractivity contribution in [3.05, 3.63) is 64.5 Å². The second kappa shape index (κ2) is 10.1. The second-order valence-corrected chi connectivity index (χ2v) is 8.62. The molecule has 2 N–H and O–H groups in total. The Morgan fingerprint density at radius 3 is 2.74 bits per heavy atom. The number of amides is 1. The number of carboxylic acids is 1. The Hall–Kier alpha value is -3.65. The lowest BCUT2D eigenvalue weighted by atomic mass is 9.97. The standard InChI is InChI=1S/C26H28N2O6/c1-16-6-3-4-8-19(16)21-13-24(29)34-23-12-18(9-10-20(21)23)27-22(15-33-2)25(30)28-11-5-7-17(14-28)26(31)32/h3-4,6,8-10,12-13,17,22,27H,5,7,11,14-15H2,1-2H3,(H,31,32)/t17-,22?/m0/s1. The van der Waals surface area contributed by atoms with Gasteiger partial charge in [-0.2, -0.15) is 0 Å². The largest absolute Gasteiger partial charge is 0.481 e. The van der Waals surface area contributed by atoms with Crippen molar-refractivity contribution in [1.82, 2.24) is 4.90 Å². The van der Waals surface area contributed by atoms with Crippen LogP contribution < -0.4 is 10.9 Å². The number of piperidine rings is 1. The SMILES string of the molecule is COCC(Nc1ccc2c(-c3ccccc3C)cc(=O)oc2c1)C(=O)N1CCC[C@H](C(=O)O)C1. The number of fused-ring (bicyclic) bond motifs is 1. The number of carboxylic acid groups (broad SMARTS) is 1. The molecule has 3 aromatic rings. The van der Waals surface area contributed by atoms with E-state index in [1.54, 1.807) is 11.0 Å². The van der Waals surface area contributed by atoms with Crippen molar-refractivity contribution in [3.8, 4) is 11.1 Å². The van der Waals surface area contributed by atoms with Crippen LogP contribution in [0.1, 0.15) is 18.4 Å². The molecule has 4 rings (SSSR count). The number of anilines is 1. The van der Waals surface area contributed by atoms with Crippen LogP contribution >= 0.6 is 0 Å². The predicted molar refractivity (Wildman–Crippen MR) is 129 cm³/mol. The zero-order valence-electron chi connectivity index (χ0n) is 19.2. The van der Waals surface area contributed by atoms with Gasteiger partial charge in [0.15, 0.2) is 0 Å². The Balaban J connectivity index is 1.62. The monoisotopic (exact) mass is 464 g/mol. The molecule has 8 heteroatoms. The van der Waals surface area contributed by atoms with E-state index in [1.807, 2.05) is 43.3 Å². The predicted octanol–water partition coefficient (Wildman–Crippen LogP) is 3.52. The van der Waals surface area contributed by atoms with E-state index >= 15 is 0 Å².